The lowest BCUT2D eigenvalue weighted by Crippen LogP contribution is -2.34. The molecular weight excluding hydrogens is 330 g/mol. The standard InChI is InChI=1S/C17H12ClN3OS/c18-13-8-2-1-7-12(13)16(22)21-17(23)20-14-9-3-5-11-6-4-10-19-15(11)14/h1-10H,(H2,20,21,22,23). The number of carbonyl (C=O) groups excluding carboxylic acids is 1. The van der Waals surface area contributed by atoms with Crippen molar-refractivity contribution in [1.29, 1.82) is 0 Å². The Hall–Kier alpha value is -2.50. The van der Waals surface area contributed by atoms with E-state index in [1.807, 2.05) is 30.3 Å². The van der Waals surface area contributed by atoms with Gasteiger partial charge in [0.25, 0.3) is 5.91 Å². The largest absolute Gasteiger partial charge is 0.331 e. The summed E-state index contributed by atoms with van der Waals surface area (Å²) in [5.74, 6) is -0.360. The van der Waals surface area contributed by atoms with Crippen LogP contribution in [0.5, 0.6) is 0 Å². The van der Waals surface area contributed by atoms with Crippen LogP contribution in [0.1, 0.15) is 10.4 Å². The number of benzene rings is 2. The van der Waals surface area contributed by atoms with Crippen molar-refractivity contribution in [2.24, 2.45) is 0 Å². The molecule has 0 spiro atoms. The number of hydrogen-bond donors (Lipinski definition) is 2. The fourth-order valence-electron chi connectivity index (χ4n) is 2.17. The Morgan fingerprint density at radius 2 is 1.83 bits per heavy atom. The predicted octanol–water partition coefficient (Wildman–Crippen LogP) is 4.02. The number of halogens is 1. The van der Waals surface area contributed by atoms with Gasteiger partial charge in [-0.3, -0.25) is 15.1 Å². The molecule has 2 N–H and O–H groups in total. The van der Waals surface area contributed by atoms with Gasteiger partial charge in [-0.1, -0.05) is 41.9 Å². The predicted molar refractivity (Wildman–Crippen MR) is 96.9 cm³/mol. The van der Waals surface area contributed by atoms with Crippen LogP contribution in [0.4, 0.5) is 5.69 Å². The topological polar surface area (TPSA) is 54.0 Å². The molecule has 6 heteroatoms. The van der Waals surface area contributed by atoms with Gasteiger partial charge in [0, 0.05) is 11.6 Å². The van der Waals surface area contributed by atoms with Crippen molar-refractivity contribution in [2.45, 2.75) is 0 Å². The zero-order chi connectivity index (χ0) is 16.2. The first-order valence-corrected chi connectivity index (χ1v) is 7.64. The van der Waals surface area contributed by atoms with Crippen LogP contribution in [-0.4, -0.2) is 16.0 Å². The lowest BCUT2D eigenvalue weighted by molar-refractivity contribution is 0.0978. The van der Waals surface area contributed by atoms with Gasteiger partial charge in [-0.05, 0) is 36.5 Å². The van der Waals surface area contributed by atoms with Crippen molar-refractivity contribution in [3.63, 3.8) is 0 Å². The van der Waals surface area contributed by atoms with Gasteiger partial charge in [0.15, 0.2) is 5.11 Å². The van der Waals surface area contributed by atoms with Crippen LogP contribution in [0.15, 0.2) is 60.8 Å². The number of amides is 1. The smallest absolute Gasteiger partial charge is 0.258 e. The molecule has 114 valence electrons. The molecule has 0 fully saturated rings. The number of nitrogens with one attached hydrogen (secondary N) is 2. The first-order chi connectivity index (χ1) is 11.1. The van der Waals surface area contributed by atoms with Crippen LogP contribution in [0, 0.1) is 0 Å². The third-order valence-corrected chi connectivity index (χ3v) is 3.76. The van der Waals surface area contributed by atoms with Gasteiger partial charge >= 0.3 is 0 Å². The van der Waals surface area contributed by atoms with Crippen molar-refractivity contribution >= 4 is 51.4 Å². The Balaban J connectivity index is 1.77. The van der Waals surface area contributed by atoms with Gasteiger partial charge in [0.05, 0.1) is 21.8 Å². The van der Waals surface area contributed by atoms with Crippen molar-refractivity contribution in [1.82, 2.24) is 10.3 Å². The molecule has 3 aromatic rings. The summed E-state index contributed by atoms with van der Waals surface area (Å²) in [5.41, 5.74) is 1.88. The summed E-state index contributed by atoms with van der Waals surface area (Å²) in [5, 5.41) is 7.17. The third kappa shape index (κ3) is 3.47. The molecule has 0 aliphatic carbocycles. The molecule has 0 atom stereocenters. The number of thiocarbonyl (C=S) groups is 1. The molecule has 0 radical (unpaired) electrons. The number of anilines is 1. The molecule has 0 saturated carbocycles. The molecule has 0 unspecified atom stereocenters. The molecule has 1 aromatic heterocycles. The van der Waals surface area contributed by atoms with Crippen LogP contribution in [0.25, 0.3) is 10.9 Å². The summed E-state index contributed by atoms with van der Waals surface area (Å²) < 4.78 is 0. The van der Waals surface area contributed by atoms with Crippen molar-refractivity contribution < 1.29 is 4.79 Å². The Labute approximate surface area is 143 Å². The second-order valence-electron chi connectivity index (χ2n) is 4.77. The number of rotatable bonds is 2. The van der Waals surface area contributed by atoms with E-state index in [0.29, 0.717) is 10.6 Å². The van der Waals surface area contributed by atoms with E-state index >= 15 is 0 Å². The summed E-state index contributed by atoms with van der Waals surface area (Å²) in [6.07, 6.45) is 1.71. The molecule has 1 heterocycles. The highest BCUT2D eigenvalue weighted by Crippen LogP contribution is 2.20. The second-order valence-corrected chi connectivity index (χ2v) is 5.58. The van der Waals surface area contributed by atoms with Gasteiger partial charge in [0.2, 0.25) is 0 Å². The SMILES string of the molecule is O=C(NC(=S)Nc1cccc2cccnc12)c1ccccc1Cl. The van der Waals surface area contributed by atoms with Crippen LogP contribution >= 0.6 is 23.8 Å². The van der Waals surface area contributed by atoms with Gasteiger partial charge in [0.1, 0.15) is 0 Å². The molecule has 0 saturated heterocycles. The number of aromatic nitrogens is 1. The summed E-state index contributed by atoms with van der Waals surface area (Å²) in [6, 6.07) is 16.3. The minimum Gasteiger partial charge on any atom is -0.331 e. The quantitative estimate of drug-likeness (QED) is 0.691. The summed E-state index contributed by atoms with van der Waals surface area (Å²) in [7, 11) is 0. The Morgan fingerprint density at radius 1 is 1.04 bits per heavy atom. The molecule has 3 rings (SSSR count). The van der Waals surface area contributed by atoms with E-state index in [9.17, 15) is 4.79 Å². The van der Waals surface area contributed by atoms with Crippen molar-refractivity contribution in [2.75, 3.05) is 5.32 Å². The fraction of sp³-hybridized carbons (Fsp3) is 0. The molecular formula is C17H12ClN3OS. The lowest BCUT2D eigenvalue weighted by atomic mass is 10.2. The van der Waals surface area contributed by atoms with Crippen LogP contribution in [-0.2, 0) is 0 Å². The maximum atomic E-state index is 12.2. The van der Waals surface area contributed by atoms with E-state index in [1.54, 1.807) is 30.5 Å². The van der Waals surface area contributed by atoms with E-state index in [0.717, 1.165) is 16.6 Å². The fourth-order valence-corrected chi connectivity index (χ4v) is 2.60. The number of carbonyl (C=O) groups is 1. The molecule has 0 bridgehead atoms. The average molecular weight is 342 g/mol. The van der Waals surface area contributed by atoms with E-state index in [1.165, 1.54) is 0 Å². The average Bonchev–Trinajstić information content (AvgIpc) is 2.55. The maximum absolute atomic E-state index is 12.2. The van der Waals surface area contributed by atoms with E-state index in [4.69, 9.17) is 23.8 Å². The van der Waals surface area contributed by atoms with Gasteiger partial charge in [-0.25, -0.2) is 0 Å². The number of fused-ring (bicyclic) bond motifs is 1. The molecule has 2 aromatic carbocycles. The van der Waals surface area contributed by atoms with Crippen molar-refractivity contribution in [3.05, 3.63) is 71.4 Å². The summed E-state index contributed by atoms with van der Waals surface area (Å²) in [4.78, 5) is 16.5. The number of hydrogen-bond acceptors (Lipinski definition) is 3. The number of pyridine rings is 1. The monoisotopic (exact) mass is 341 g/mol. The zero-order valence-electron chi connectivity index (χ0n) is 11.9. The number of para-hydroxylation sites is 1. The highest BCUT2D eigenvalue weighted by Gasteiger charge is 2.12. The van der Waals surface area contributed by atoms with Gasteiger partial charge in [-0.15, -0.1) is 0 Å². The Morgan fingerprint density at radius 3 is 2.65 bits per heavy atom. The summed E-state index contributed by atoms with van der Waals surface area (Å²) in [6.45, 7) is 0. The zero-order valence-corrected chi connectivity index (χ0v) is 13.5. The maximum Gasteiger partial charge on any atom is 0.258 e. The minimum absolute atomic E-state index is 0.188. The number of nitrogens with zero attached hydrogens (tertiary/aromatic N) is 1. The second kappa shape index (κ2) is 6.73. The highest BCUT2D eigenvalue weighted by molar-refractivity contribution is 7.80. The molecule has 0 aliphatic rings. The van der Waals surface area contributed by atoms with Crippen LogP contribution < -0.4 is 10.6 Å². The molecule has 1 amide bonds. The first kappa shape index (κ1) is 15.4. The van der Waals surface area contributed by atoms with E-state index in [-0.39, 0.29) is 11.0 Å². The molecule has 23 heavy (non-hydrogen) atoms. The van der Waals surface area contributed by atoms with Crippen molar-refractivity contribution in [3.8, 4) is 0 Å². The molecule has 4 nitrogen and oxygen atoms in total. The Bertz CT molecular complexity index is 892. The normalized spacial score (nSPS) is 10.3. The first-order valence-electron chi connectivity index (χ1n) is 6.86. The third-order valence-electron chi connectivity index (χ3n) is 3.23. The van der Waals surface area contributed by atoms with Gasteiger partial charge in [-0.2, -0.15) is 0 Å². The molecule has 0 aliphatic heterocycles. The minimum atomic E-state index is -0.360. The summed E-state index contributed by atoms with van der Waals surface area (Å²) >= 11 is 11.2. The lowest BCUT2D eigenvalue weighted by Gasteiger charge is -2.11. The van der Waals surface area contributed by atoms with Crippen LogP contribution in [0.2, 0.25) is 5.02 Å². The van der Waals surface area contributed by atoms with Crippen LogP contribution in [0.3, 0.4) is 0 Å². The Kier molecular flexibility index (Phi) is 4.50. The van der Waals surface area contributed by atoms with E-state index < -0.39 is 0 Å². The van der Waals surface area contributed by atoms with E-state index in [2.05, 4.69) is 15.6 Å². The highest BCUT2D eigenvalue weighted by atomic mass is 35.5. The van der Waals surface area contributed by atoms with Gasteiger partial charge < -0.3 is 5.32 Å².